The highest BCUT2D eigenvalue weighted by Gasteiger charge is 2.16. The number of hydrogen-bond acceptors (Lipinski definition) is 2. The predicted molar refractivity (Wildman–Crippen MR) is 79.9 cm³/mol. The summed E-state index contributed by atoms with van der Waals surface area (Å²) >= 11 is 3.29. The zero-order valence-corrected chi connectivity index (χ0v) is 12.6. The summed E-state index contributed by atoms with van der Waals surface area (Å²) in [5, 5.41) is 0. The van der Waals surface area contributed by atoms with E-state index in [1.54, 1.807) is 42.5 Å². The SMILES string of the molecule is C=CCc1ccc(S(=O)(=O)c2ccc(Br)cc2)cc1. The Hall–Kier alpha value is -1.39. The molecular weight excluding hydrogens is 324 g/mol. The van der Waals surface area contributed by atoms with Crippen LogP contribution in [0.5, 0.6) is 0 Å². The molecule has 0 atom stereocenters. The minimum atomic E-state index is -3.43. The van der Waals surface area contributed by atoms with Crippen LogP contribution in [0.15, 0.2) is 75.4 Å². The molecule has 0 aliphatic carbocycles. The van der Waals surface area contributed by atoms with Crippen LogP contribution in [-0.4, -0.2) is 8.42 Å². The van der Waals surface area contributed by atoms with Gasteiger partial charge in [-0.2, -0.15) is 0 Å². The van der Waals surface area contributed by atoms with Crippen LogP contribution in [0.1, 0.15) is 5.56 Å². The standard InChI is InChI=1S/C15H13BrO2S/c1-2-3-12-4-8-14(9-5-12)19(17,18)15-10-6-13(16)7-11-15/h2,4-11H,1,3H2. The Morgan fingerprint density at radius 3 is 1.89 bits per heavy atom. The van der Waals surface area contributed by atoms with Crippen molar-refractivity contribution in [3.8, 4) is 0 Å². The van der Waals surface area contributed by atoms with Crippen LogP contribution in [0.2, 0.25) is 0 Å². The smallest absolute Gasteiger partial charge is 0.206 e. The van der Waals surface area contributed by atoms with E-state index in [4.69, 9.17) is 0 Å². The zero-order chi connectivity index (χ0) is 13.9. The van der Waals surface area contributed by atoms with Gasteiger partial charge in [0.1, 0.15) is 0 Å². The summed E-state index contributed by atoms with van der Waals surface area (Å²) in [7, 11) is -3.43. The van der Waals surface area contributed by atoms with Crippen LogP contribution in [0.3, 0.4) is 0 Å². The van der Waals surface area contributed by atoms with Gasteiger partial charge in [-0.25, -0.2) is 8.42 Å². The van der Waals surface area contributed by atoms with E-state index in [9.17, 15) is 8.42 Å². The third-order valence-corrected chi connectivity index (χ3v) is 5.05. The lowest BCUT2D eigenvalue weighted by Crippen LogP contribution is -2.01. The minimum absolute atomic E-state index is 0.298. The van der Waals surface area contributed by atoms with Crippen molar-refractivity contribution >= 4 is 25.8 Å². The molecule has 0 heterocycles. The third kappa shape index (κ3) is 3.14. The summed E-state index contributed by atoms with van der Waals surface area (Å²) in [5.74, 6) is 0. The predicted octanol–water partition coefficient (Wildman–Crippen LogP) is 4.01. The molecule has 0 radical (unpaired) electrons. The molecular formula is C15H13BrO2S. The van der Waals surface area contributed by atoms with Crippen molar-refractivity contribution in [2.24, 2.45) is 0 Å². The van der Waals surface area contributed by atoms with E-state index >= 15 is 0 Å². The van der Waals surface area contributed by atoms with Crippen molar-refractivity contribution in [3.63, 3.8) is 0 Å². The molecule has 4 heteroatoms. The Bertz CT molecular complexity index is 671. The zero-order valence-electron chi connectivity index (χ0n) is 10.2. The first-order valence-corrected chi connectivity index (χ1v) is 8.02. The fraction of sp³-hybridized carbons (Fsp3) is 0.0667. The first-order chi connectivity index (χ1) is 9.04. The second kappa shape index (κ2) is 5.72. The quantitative estimate of drug-likeness (QED) is 0.790. The van der Waals surface area contributed by atoms with Gasteiger partial charge in [0.2, 0.25) is 9.84 Å². The molecule has 98 valence electrons. The molecule has 0 spiro atoms. The van der Waals surface area contributed by atoms with Gasteiger partial charge in [0, 0.05) is 4.47 Å². The summed E-state index contributed by atoms with van der Waals surface area (Å²) < 4.78 is 25.6. The summed E-state index contributed by atoms with van der Waals surface area (Å²) in [5.41, 5.74) is 1.05. The monoisotopic (exact) mass is 336 g/mol. The maximum atomic E-state index is 12.4. The van der Waals surface area contributed by atoms with Gasteiger partial charge in [-0.15, -0.1) is 6.58 Å². The molecule has 0 aliphatic heterocycles. The lowest BCUT2D eigenvalue weighted by Gasteiger charge is -2.05. The molecule has 19 heavy (non-hydrogen) atoms. The maximum Gasteiger partial charge on any atom is 0.206 e. The average Bonchev–Trinajstić information content (AvgIpc) is 2.40. The molecule has 0 amide bonds. The Kier molecular flexibility index (Phi) is 4.22. The van der Waals surface area contributed by atoms with Gasteiger partial charge >= 0.3 is 0 Å². The summed E-state index contributed by atoms with van der Waals surface area (Å²) in [6.07, 6.45) is 2.52. The van der Waals surface area contributed by atoms with Gasteiger partial charge in [0.05, 0.1) is 9.79 Å². The molecule has 0 saturated carbocycles. The normalized spacial score (nSPS) is 11.2. The molecule has 2 rings (SSSR count). The molecule has 0 N–H and O–H groups in total. The van der Waals surface area contributed by atoms with Crippen LogP contribution < -0.4 is 0 Å². The fourth-order valence-electron chi connectivity index (χ4n) is 1.72. The average molecular weight is 337 g/mol. The molecule has 0 aliphatic rings. The maximum absolute atomic E-state index is 12.4. The number of hydrogen-bond donors (Lipinski definition) is 0. The number of sulfone groups is 1. The summed E-state index contributed by atoms with van der Waals surface area (Å²) in [4.78, 5) is 0.606. The first kappa shape index (κ1) is 14.0. The van der Waals surface area contributed by atoms with E-state index < -0.39 is 9.84 Å². The Morgan fingerprint density at radius 1 is 0.947 bits per heavy atom. The molecule has 0 unspecified atom stereocenters. The molecule has 0 saturated heterocycles. The first-order valence-electron chi connectivity index (χ1n) is 5.74. The van der Waals surface area contributed by atoms with Crippen LogP contribution in [0, 0.1) is 0 Å². The Labute approximate surface area is 121 Å². The highest BCUT2D eigenvalue weighted by Crippen LogP contribution is 2.22. The van der Waals surface area contributed by atoms with Crippen LogP contribution in [-0.2, 0) is 16.3 Å². The van der Waals surface area contributed by atoms with Crippen molar-refractivity contribution < 1.29 is 8.42 Å². The van der Waals surface area contributed by atoms with Gasteiger partial charge in [0.25, 0.3) is 0 Å². The molecule has 2 aromatic rings. The lowest BCUT2D eigenvalue weighted by atomic mass is 10.2. The van der Waals surface area contributed by atoms with E-state index in [1.165, 1.54) is 0 Å². The minimum Gasteiger partial charge on any atom is -0.219 e. The molecule has 0 bridgehead atoms. The van der Waals surface area contributed by atoms with E-state index in [2.05, 4.69) is 22.5 Å². The van der Waals surface area contributed by atoms with E-state index in [0.717, 1.165) is 16.5 Å². The Morgan fingerprint density at radius 2 is 1.42 bits per heavy atom. The van der Waals surface area contributed by atoms with Gasteiger partial charge in [-0.05, 0) is 48.4 Å². The van der Waals surface area contributed by atoms with Gasteiger partial charge in [-0.3, -0.25) is 0 Å². The number of allylic oxidation sites excluding steroid dienone is 1. The second-order valence-electron chi connectivity index (χ2n) is 4.09. The number of halogens is 1. The third-order valence-electron chi connectivity index (χ3n) is 2.74. The van der Waals surface area contributed by atoms with Crippen LogP contribution in [0.25, 0.3) is 0 Å². The molecule has 0 aromatic heterocycles. The van der Waals surface area contributed by atoms with Crippen molar-refractivity contribution in [1.82, 2.24) is 0 Å². The van der Waals surface area contributed by atoms with Crippen molar-refractivity contribution in [2.45, 2.75) is 16.2 Å². The highest BCUT2D eigenvalue weighted by molar-refractivity contribution is 9.10. The molecule has 0 fully saturated rings. The largest absolute Gasteiger partial charge is 0.219 e. The number of rotatable bonds is 4. The van der Waals surface area contributed by atoms with E-state index in [1.807, 2.05) is 12.1 Å². The van der Waals surface area contributed by atoms with Crippen molar-refractivity contribution in [2.75, 3.05) is 0 Å². The number of benzene rings is 2. The van der Waals surface area contributed by atoms with Crippen LogP contribution >= 0.6 is 15.9 Å². The second-order valence-corrected chi connectivity index (χ2v) is 6.96. The molecule has 2 aromatic carbocycles. The van der Waals surface area contributed by atoms with Gasteiger partial charge in [-0.1, -0.05) is 34.1 Å². The lowest BCUT2D eigenvalue weighted by molar-refractivity contribution is 0.596. The van der Waals surface area contributed by atoms with Crippen LogP contribution in [0.4, 0.5) is 0 Å². The van der Waals surface area contributed by atoms with Crippen molar-refractivity contribution in [1.29, 1.82) is 0 Å². The summed E-state index contributed by atoms with van der Waals surface area (Å²) in [6.45, 7) is 3.66. The van der Waals surface area contributed by atoms with Crippen molar-refractivity contribution in [3.05, 3.63) is 71.2 Å². The fourth-order valence-corrected chi connectivity index (χ4v) is 3.25. The van der Waals surface area contributed by atoms with Gasteiger partial charge < -0.3 is 0 Å². The highest BCUT2D eigenvalue weighted by atomic mass is 79.9. The topological polar surface area (TPSA) is 34.1 Å². The summed E-state index contributed by atoms with van der Waals surface area (Å²) in [6, 6.07) is 13.5. The van der Waals surface area contributed by atoms with E-state index in [0.29, 0.717) is 9.79 Å². The Balaban J connectivity index is 2.39. The van der Waals surface area contributed by atoms with Gasteiger partial charge in [0.15, 0.2) is 0 Å². The van der Waals surface area contributed by atoms with E-state index in [-0.39, 0.29) is 0 Å². The molecule has 2 nitrogen and oxygen atoms in total.